The summed E-state index contributed by atoms with van der Waals surface area (Å²) in [5.74, 6) is 0. The van der Waals surface area contributed by atoms with Crippen molar-refractivity contribution in [2.75, 3.05) is 11.9 Å². The van der Waals surface area contributed by atoms with Crippen molar-refractivity contribution in [3.63, 3.8) is 0 Å². The van der Waals surface area contributed by atoms with Crippen molar-refractivity contribution in [2.24, 2.45) is 0 Å². The van der Waals surface area contributed by atoms with Gasteiger partial charge in [0.15, 0.2) is 11.3 Å². The van der Waals surface area contributed by atoms with Crippen molar-refractivity contribution in [1.82, 2.24) is 69.4 Å². The number of aromatic amines is 3. The molecule has 0 atom stereocenters. The van der Waals surface area contributed by atoms with E-state index in [0.717, 1.165) is 46.2 Å². The number of nitrogens with zero attached hydrogens (tertiary/aromatic N) is 11. The van der Waals surface area contributed by atoms with Crippen LogP contribution < -0.4 is 5.32 Å². The summed E-state index contributed by atoms with van der Waals surface area (Å²) >= 11 is 0. The summed E-state index contributed by atoms with van der Waals surface area (Å²) in [6, 6.07) is 9.86. The molecule has 45 heavy (non-hydrogen) atoms. The zero-order valence-electron chi connectivity index (χ0n) is 23.8. The predicted molar refractivity (Wildman–Crippen MR) is 169 cm³/mol. The van der Waals surface area contributed by atoms with E-state index in [1.54, 1.807) is 37.3 Å². The maximum Gasteiger partial charge on any atom is 0.180 e. The van der Waals surface area contributed by atoms with Gasteiger partial charge < -0.3 is 19.7 Å². The van der Waals surface area contributed by atoms with Gasteiger partial charge in [-0.1, -0.05) is 6.07 Å². The van der Waals surface area contributed by atoms with Gasteiger partial charge in [-0.05, 0) is 36.2 Å². The Morgan fingerprint density at radius 2 is 1.58 bits per heavy atom. The third kappa shape index (κ3) is 7.61. The fourth-order valence-electron chi connectivity index (χ4n) is 4.17. The van der Waals surface area contributed by atoms with Gasteiger partial charge in [0.25, 0.3) is 0 Å². The molecule has 9 aromatic heterocycles. The average molecular weight is 598 g/mol. The number of anilines is 1. The molecule has 4 N–H and O–H groups in total. The second kappa shape index (κ2) is 14.5. The molecule has 0 spiro atoms. The Bertz CT molecular complexity index is 1790. The highest BCUT2D eigenvalue weighted by atomic mass is 15.1. The monoisotopic (exact) mass is 597 g/mol. The van der Waals surface area contributed by atoms with E-state index in [-0.39, 0.29) is 0 Å². The molecule has 0 radical (unpaired) electrons. The van der Waals surface area contributed by atoms with Crippen LogP contribution in [0.1, 0.15) is 5.56 Å². The Kier molecular flexibility index (Phi) is 9.18. The summed E-state index contributed by atoms with van der Waals surface area (Å²) in [5.41, 5.74) is 7.91. The number of pyridine rings is 2. The third-order valence-corrected chi connectivity index (χ3v) is 6.35. The van der Waals surface area contributed by atoms with Crippen LogP contribution in [0.25, 0.3) is 38.9 Å². The highest BCUT2D eigenvalue weighted by molar-refractivity contribution is 5.73. The average Bonchev–Trinajstić information content (AvgIpc) is 3.95. The van der Waals surface area contributed by atoms with E-state index in [2.05, 4.69) is 70.3 Å². The lowest BCUT2D eigenvalue weighted by molar-refractivity contribution is 1.09. The Morgan fingerprint density at radius 3 is 2.44 bits per heavy atom. The van der Waals surface area contributed by atoms with Crippen molar-refractivity contribution in [1.29, 1.82) is 0 Å². The lowest BCUT2D eigenvalue weighted by Gasteiger charge is -1.93. The summed E-state index contributed by atoms with van der Waals surface area (Å²) in [5, 5.41) is 10.7. The first kappa shape index (κ1) is 28.5. The fraction of sp³-hybridized carbons (Fsp3) is 0.0667. The summed E-state index contributed by atoms with van der Waals surface area (Å²) in [6.07, 6.45) is 25.3. The third-order valence-electron chi connectivity index (χ3n) is 6.35. The zero-order valence-corrected chi connectivity index (χ0v) is 23.8. The summed E-state index contributed by atoms with van der Waals surface area (Å²) in [6.45, 7) is 1.07. The summed E-state index contributed by atoms with van der Waals surface area (Å²) in [4.78, 5) is 41.1. The number of nitrogens with one attached hydrogen (secondary N) is 4. The molecule has 9 aromatic rings. The molecule has 0 saturated heterocycles. The van der Waals surface area contributed by atoms with Gasteiger partial charge in [0.05, 0.1) is 41.3 Å². The van der Waals surface area contributed by atoms with Crippen LogP contribution in [0.3, 0.4) is 0 Å². The van der Waals surface area contributed by atoms with E-state index in [4.69, 9.17) is 0 Å². The number of hydrogen-bond acceptors (Lipinski definition) is 11. The number of H-pyrrole nitrogens is 3. The van der Waals surface area contributed by atoms with Gasteiger partial charge in [-0.3, -0.25) is 10.1 Å². The molecule has 0 aromatic carbocycles. The first-order valence-electron chi connectivity index (χ1n) is 13.8. The van der Waals surface area contributed by atoms with Gasteiger partial charge in [0.1, 0.15) is 30.1 Å². The molecule has 0 aliphatic carbocycles. The van der Waals surface area contributed by atoms with Gasteiger partial charge in [0.2, 0.25) is 0 Å². The SMILES string of the molecule is c1cc2c(cn1)CCN2.c1ccn2ccnc2c1.c1ncc2[nH]ccc2n1.c1ncc2[nH]cnc2n1.c1ncc2cn[nH]c2n1. The molecule has 0 saturated carbocycles. The molecule has 0 unspecified atom stereocenters. The van der Waals surface area contributed by atoms with E-state index in [1.807, 2.05) is 65.7 Å². The number of imidazole rings is 2. The van der Waals surface area contributed by atoms with Crippen LogP contribution in [0.15, 0.2) is 118 Å². The second-order valence-electron chi connectivity index (χ2n) is 9.26. The molecule has 0 bridgehead atoms. The first-order chi connectivity index (χ1) is 22.3. The van der Waals surface area contributed by atoms with Crippen molar-refractivity contribution in [3.05, 3.63) is 123 Å². The van der Waals surface area contributed by atoms with Crippen molar-refractivity contribution < 1.29 is 0 Å². The van der Waals surface area contributed by atoms with Crippen LogP contribution in [-0.4, -0.2) is 76.0 Å². The van der Waals surface area contributed by atoms with Crippen LogP contribution >= 0.6 is 0 Å². The van der Waals surface area contributed by atoms with Crippen molar-refractivity contribution in [2.45, 2.75) is 6.42 Å². The van der Waals surface area contributed by atoms with Crippen LogP contribution in [0.2, 0.25) is 0 Å². The first-order valence-corrected chi connectivity index (χ1v) is 13.8. The van der Waals surface area contributed by atoms with E-state index in [0.29, 0.717) is 5.65 Å². The molecule has 15 heteroatoms. The number of rotatable bonds is 0. The standard InChI is InChI=1S/C7H8N2.C7H6N2.C6H5N3.2C5H4N4/c1-4-9-7-2-3-8-5-6(1)7;1-2-5-9-6-4-8-7(9)3-1;1-2-8-6-3-7-4-9-5(1)6;1-4-5(8-2-6-1)9-3-7-4;1-4-2-8-9-5(4)7-3-6-1/h2-3,5,9H,1,4H2;1-6H;1-4,8H;2*1-3H,(H,6,7,8,9). The topological polar surface area (TPSA) is 193 Å². The van der Waals surface area contributed by atoms with E-state index in [9.17, 15) is 0 Å². The van der Waals surface area contributed by atoms with E-state index >= 15 is 0 Å². The maximum absolute atomic E-state index is 4.08. The number of hydrogen-bond donors (Lipinski definition) is 4. The summed E-state index contributed by atoms with van der Waals surface area (Å²) in [7, 11) is 0. The molecule has 0 fully saturated rings. The molecular formula is C30H27N15. The molecule has 10 heterocycles. The predicted octanol–water partition coefficient (Wildman–Crippen LogP) is 4.05. The van der Waals surface area contributed by atoms with Gasteiger partial charge in [-0.2, -0.15) is 5.10 Å². The minimum Gasteiger partial charge on any atom is -0.384 e. The van der Waals surface area contributed by atoms with E-state index in [1.165, 1.54) is 30.2 Å². The van der Waals surface area contributed by atoms with Crippen LogP contribution in [0, 0.1) is 0 Å². The van der Waals surface area contributed by atoms with Crippen LogP contribution in [0.4, 0.5) is 5.69 Å². The largest absolute Gasteiger partial charge is 0.384 e. The number of aromatic nitrogens is 14. The lowest BCUT2D eigenvalue weighted by atomic mass is 10.2. The molecule has 222 valence electrons. The van der Waals surface area contributed by atoms with Crippen molar-refractivity contribution in [3.8, 4) is 0 Å². The fourth-order valence-corrected chi connectivity index (χ4v) is 4.17. The normalized spacial score (nSPS) is 11.1. The highest BCUT2D eigenvalue weighted by Crippen LogP contribution is 2.18. The van der Waals surface area contributed by atoms with Gasteiger partial charge >= 0.3 is 0 Å². The Labute approximate surface area is 255 Å². The summed E-state index contributed by atoms with van der Waals surface area (Å²) < 4.78 is 1.97. The van der Waals surface area contributed by atoms with Crippen molar-refractivity contribution >= 4 is 44.6 Å². The minimum absolute atomic E-state index is 0.713. The van der Waals surface area contributed by atoms with Crippen LogP contribution in [-0.2, 0) is 6.42 Å². The molecule has 15 nitrogen and oxygen atoms in total. The molecule has 1 aliphatic heterocycles. The molecule has 0 amide bonds. The minimum atomic E-state index is 0.713. The maximum atomic E-state index is 4.08. The zero-order chi connectivity index (χ0) is 30.5. The smallest absolute Gasteiger partial charge is 0.180 e. The molecule has 10 rings (SSSR count). The highest BCUT2D eigenvalue weighted by Gasteiger charge is 2.06. The van der Waals surface area contributed by atoms with Gasteiger partial charge in [0, 0.05) is 55.6 Å². The van der Waals surface area contributed by atoms with Gasteiger partial charge in [-0.25, -0.2) is 39.9 Å². The quantitative estimate of drug-likeness (QED) is 0.197. The Balaban J connectivity index is 0.0000000992. The Hall–Kier alpha value is -6.64. The number of fused-ring (bicyclic) bond motifs is 5. The van der Waals surface area contributed by atoms with Gasteiger partial charge in [-0.15, -0.1) is 0 Å². The Morgan fingerprint density at radius 1 is 0.689 bits per heavy atom. The van der Waals surface area contributed by atoms with Crippen LogP contribution in [0.5, 0.6) is 0 Å². The lowest BCUT2D eigenvalue weighted by Crippen LogP contribution is -1.90. The molecule has 1 aliphatic rings. The van der Waals surface area contributed by atoms with E-state index < -0.39 is 0 Å². The second-order valence-corrected chi connectivity index (χ2v) is 9.26. The molecular weight excluding hydrogens is 570 g/mol.